The molecule has 0 aliphatic carbocycles. The third kappa shape index (κ3) is 3.62. The summed E-state index contributed by atoms with van der Waals surface area (Å²) in [4.78, 5) is 31.1. The molecule has 0 N–H and O–H groups in total. The third-order valence-corrected chi connectivity index (χ3v) is 5.94. The highest BCUT2D eigenvalue weighted by Crippen LogP contribution is 2.37. The van der Waals surface area contributed by atoms with Crippen LogP contribution < -0.4 is 9.64 Å². The van der Waals surface area contributed by atoms with E-state index >= 15 is 0 Å². The third-order valence-electron chi connectivity index (χ3n) is 5.05. The van der Waals surface area contributed by atoms with E-state index in [9.17, 15) is 9.59 Å². The number of imide groups is 1. The lowest BCUT2D eigenvalue weighted by molar-refractivity contribution is -0.120. The summed E-state index contributed by atoms with van der Waals surface area (Å²) in [6, 6.07) is 20.8. The first-order valence-electron chi connectivity index (χ1n) is 9.74. The molecular weight excluding hydrogens is 396 g/mol. The van der Waals surface area contributed by atoms with Crippen molar-refractivity contribution in [1.29, 1.82) is 0 Å². The molecule has 152 valence electrons. The van der Waals surface area contributed by atoms with Gasteiger partial charge in [-0.1, -0.05) is 42.5 Å². The van der Waals surface area contributed by atoms with Gasteiger partial charge in [0, 0.05) is 24.0 Å². The fraction of sp³-hybridized carbons (Fsp3) is 0.167. The SMILES string of the molecule is CCN(Cc1ccccc1)C1=C(c2cccs2)C(=O)N(c2cccc(OC)c2)C1=O. The van der Waals surface area contributed by atoms with E-state index in [1.54, 1.807) is 31.4 Å². The standard InChI is InChI=1S/C24H22N2O3S/c1-3-25(16-17-9-5-4-6-10-17)22-21(20-13-8-14-30-20)23(27)26(24(22)28)18-11-7-12-19(15-18)29-2/h4-15H,3,16H2,1-2H3. The second-order valence-corrected chi connectivity index (χ2v) is 7.80. The van der Waals surface area contributed by atoms with Gasteiger partial charge in [0.2, 0.25) is 0 Å². The summed E-state index contributed by atoms with van der Waals surface area (Å²) < 4.78 is 5.29. The highest BCUT2D eigenvalue weighted by molar-refractivity contribution is 7.11. The minimum absolute atomic E-state index is 0.308. The molecule has 0 saturated carbocycles. The lowest BCUT2D eigenvalue weighted by Gasteiger charge is -2.25. The average molecular weight is 419 g/mol. The molecule has 0 spiro atoms. The van der Waals surface area contributed by atoms with Gasteiger partial charge >= 0.3 is 0 Å². The number of carbonyl (C=O) groups excluding carboxylic acids is 2. The van der Waals surface area contributed by atoms with Crippen molar-refractivity contribution < 1.29 is 14.3 Å². The van der Waals surface area contributed by atoms with Crippen LogP contribution in [0.5, 0.6) is 5.75 Å². The number of ether oxygens (including phenoxy) is 1. The fourth-order valence-corrected chi connectivity index (χ4v) is 4.35. The van der Waals surface area contributed by atoms with E-state index < -0.39 is 0 Å². The van der Waals surface area contributed by atoms with Crippen molar-refractivity contribution in [3.63, 3.8) is 0 Å². The first kappa shape index (κ1) is 19.9. The Balaban J connectivity index is 1.79. The Hall–Kier alpha value is -3.38. The molecule has 2 amide bonds. The lowest BCUT2D eigenvalue weighted by Crippen LogP contribution is -2.35. The van der Waals surface area contributed by atoms with E-state index in [-0.39, 0.29) is 11.8 Å². The van der Waals surface area contributed by atoms with Gasteiger partial charge in [-0.2, -0.15) is 0 Å². The van der Waals surface area contributed by atoms with Crippen LogP contribution >= 0.6 is 11.3 Å². The molecule has 1 aromatic heterocycles. The summed E-state index contributed by atoms with van der Waals surface area (Å²) in [7, 11) is 1.56. The molecule has 1 aliphatic rings. The number of rotatable bonds is 7. The van der Waals surface area contributed by atoms with E-state index in [0.717, 1.165) is 10.4 Å². The highest BCUT2D eigenvalue weighted by Gasteiger charge is 2.42. The molecule has 0 atom stereocenters. The lowest BCUT2D eigenvalue weighted by atomic mass is 10.1. The zero-order valence-corrected chi connectivity index (χ0v) is 17.7. The molecule has 0 unspecified atom stereocenters. The molecule has 1 aliphatic heterocycles. The van der Waals surface area contributed by atoms with Gasteiger partial charge in [-0.15, -0.1) is 11.3 Å². The number of thiophene rings is 1. The minimum atomic E-state index is -0.311. The van der Waals surface area contributed by atoms with E-state index in [1.165, 1.54) is 16.2 Å². The maximum Gasteiger partial charge on any atom is 0.282 e. The molecule has 0 radical (unpaired) electrons. The number of benzene rings is 2. The summed E-state index contributed by atoms with van der Waals surface area (Å²) in [5.41, 5.74) is 2.48. The maximum atomic E-state index is 13.6. The molecule has 6 heteroatoms. The first-order chi connectivity index (χ1) is 14.6. The van der Waals surface area contributed by atoms with E-state index in [4.69, 9.17) is 4.74 Å². The van der Waals surface area contributed by atoms with Crippen LogP contribution in [0, 0.1) is 0 Å². The van der Waals surface area contributed by atoms with Gasteiger partial charge in [0.15, 0.2) is 0 Å². The largest absolute Gasteiger partial charge is 0.497 e. The van der Waals surface area contributed by atoms with Crippen molar-refractivity contribution >= 4 is 34.4 Å². The topological polar surface area (TPSA) is 49.9 Å². The summed E-state index contributed by atoms with van der Waals surface area (Å²) >= 11 is 1.46. The Labute approximate surface area is 179 Å². The smallest absolute Gasteiger partial charge is 0.282 e. The van der Waals surface area contributed by atoms with E-state index in [2.05, 4.69) is 0 Å². The normalized spacial score (nSPS) is 13.9. The van der Waals surface area contributed by atoms with Crippen LogP contribution in [0.2, 0.25) is 0 Å². The van der Waals surface area contributed by atoms with Crippen molar-refractivity contribution in [2.75, 3.05) is 18.6 Å². The number of carbonyl (C=O) groups is 2. The number of anilines is 1. The number of amides is 2. The van der Waals surface area contributed by atoms with E-state index in [1.807, 2.05) is 59.7 Å². The minimum Gasteiger partial charge on any atom is -0.497 e. The van der Waals surface area contributed by atoms with Crippen molar-refractivity contribution in [3.05, 3.63) is 88.2 Å². The van der Waals surface area contributed by atoms with Gasteiger partial charge in [-0.05, 0) is 36.1 Å². The van der Waals surface area contributed by atoms with Crippen LogP contribution in [-0.2, 0) is 16.1 Å². The molecule has 30 heavy (non-hydrogen) atoms. The van der Waals surface area contributed by atoms with E-state index in [0.29, 0.717) is 35.8 Å². The van der Waals surface area contributed by atoms with Gasteiger partial charge in [0.1, 0.15) is 11.4 Å². The summed E-state index contributed by atoms with van der Waals surface area (Å²) in [5.74, 6) is -0.0255. The molecule has 3 aromatic rings. The van der Waals surface area contributed by atoms with Crippen molar-refractivity contribution in [3.8, 4) is 5.75 Å². The predicted molar refractivity (Wildman–Crippen MR) is 119 cm³/mol. The second-order valence-electron chi connectivity index (χ2n) is 6.85. The molecule has 2 heterocycles. The molecule has 0 fully saturated rings. The average Bonchev–Trinajstić information content (AvgIpc) is 3.39. The Bertz CT molecular complexity index is 1090. The monoisotopic (exact) mass is 418 g/mol. The van der Waals surface area contributed by atoms with Crippen molar-refractivity contribution in [2.45, 2.75) is 13.5 Å². The molecule has 4 rings (SSSR count). The summed E-state index contributed by atoms with van der Waals surface area (Å²) in [6.45, 7) is 3.14. The number of hydrogen-bond donors (Lipinski definition) is 0. The van der Waals surface area contributed by atoms with Crippen LogP contribution in [0.3, 0.4) is 0 Å². The van der Waals surface area contributed by atoms with Gasteiger partial charge in [-0.25, -0.2) is 4.90 Å². The van der Waals surface area contributed by atoms with Crippen LogP contribution in [0.25, 0.3) is 5.57 Å². The molecule has 2 aromatic carbocycles. The van der Waals surface area contributed by atoms with Gasteiger partial charge in [0.25, 0.3) is 11.8 Å². The fourth-order valence-electron chi connectivity index (χ4n) is 3.59. The molecule has 0 saturated heterocycles. The zero-order valence-electron chi connectivity index (χ0n) is 16.9. The van der Waals surface area contributed by atoms with Crippen molar-refractivity contribution in [1.82, 2.24) is 4.90 Å². The van der Waals surface area contributed by atoms with Gasteiger partial charge in [-0.3, -0.25) is 9.59 Å². The molecular formula is C24H22N2O3S. The van der Waals surface area contributed by atoms with Crippen LogP contribution in [0.4, 0.5) is 5.69 Å². The number of hydrogen-bond acceptors (Lipinski definition) is 5. The Morgan fingerprint density at radius 2 is 1.77 bits per heavy atom. The first-order valence-corrected chi connectivity index (χ1v) is 10.6. The quantitative estimate of drug-likeness (QED) is 0.528. The number of likely N-dealkylation sites (N-methyl/N-ethyl adjacent to an activating group) is 1. The Morgan fingerprint density at radius 3 is 2.43 bits per heavy atom. The Kier molecular flexibility index (Phi) is 5.68. The van der Waals surface area contributed by atoms with Crippen LogP contribution in [0.15, 0.2) is 77.8 Å². The number of methoxy groups -OCH3 is 1. The predicted octanol–water partition coefficient (Wildman–Crippen LogP) is 4.56. The summed E-state index contributed by atoms with van der Waals surface area (Å²) in [6.07, 6.45) is 0. The Morgan fingerprint density at radius 1 is 0.967 bits per heavy atom. The zero-order chi connectivity index (χ0) is 21.1. The molecule has 5 nitrogen and oxygen atoms in total. The highest BCUT2D eigenvalue weighted by atomic mass is 32.1. The number of nitrogens with zero attached hydrogens (tertiary/aromatic N) is 2. The van der Waals surface area contributed by atoms with Gasteiger partial charge in [0.05, 0.1) is 18.4 Å². The van der Waals surface area contributed by atoms with Gasteiger partial charge < -0.3 is 9.64 Å². The van der Waals surface area contributed by atoms with Crippen molar-refractivity contribution in [2.24, 2.45) is 0 Å². The molecule has 0 bridgehead atoms. The van der Waals surface area contributed by atoms with Crippen LogP contribution in [0.1, 0.15) is 17.4 Å². The van der Waals surface area contributed by atoms with Crippen LogP contribution in [-0.4, -0.2) is 30.4 Å². The summed E-state index contributed by atoms with van der Waals surface area (Å²) in [5, 5.41) is 1.92. The maximum absolute atomic E-state index is 13.6. The second kappa shape index (κ2) is 8.55.